The minimum absolute atomic E-state index is 0.0660. The van der Waals surface area contributed by atoms with Gasteiger partial charge in [-0.1, -0.05) is 54.6 Å². The van der Waals surface area contributed by atoms with Crippen LogP contribution in [0.2, 0.25) is 0 Å². The second-order valence-corrected chi connectivity index (χ2v) is 6.42. The second-order valence-electron chi connectivity index (χ2n) is 6.42. The van der Waals surface area contributed by atoms with Crippen molar-refractivity contribution in [3.8, 4) is 0 Å². The Bertz CT molecular complexity index is 861. The van der Waals surface area contributed by atoms with E-state index in [1.807, 2.05) is 0 Å². The Balaban J connectivity index is 1.77. The van der Waals surface area contributed by atoms with E-state index in [0.717, 1.165) is 31.0 Å². The first-order chi connectivity index (χ1) is 12.3. The molecule has 4 rings (SSSR count). The third-order valence-electron chi connectivity index (χ3n) is 4.79. The number of aromatic nitrogens is 2. The topological polar surface area (TPSA) is 49.8 Å². The van der Waals surface area contributed by atoms with E-state index in [1.54, 1.807) is 6.33 Å². The molecule has 0 bridgehead atoms. The highest BCUT2D eigenvalue weighted by Crippen LogP contribution is 2.30. The van der Waals surface area contributed by atoms with Crippen molar-refractivity contribution in [3.63, 3.8) is 0 Å². The van der Waals surface area contributed by atoms with E-state index < -0.39 is 0 Å². The first kappa shape index (κ1) is 15.8. The molecule has 126 valence electrons. The van der Waals surface area contributed by atoms with E-state index in [1.165, 1.54) is 22.3 Å². The average molecular weight is 330 g/mol. The Morgan fingerprint density at radius 3 is 2.64 bits per heavy atom. The summed E-state index contributed by atoms with van der Waals surface area (Å²) in [6.45, 7) is 3.94. The summed E-state index contributed by atoms with van der Waals surface area (Å²) < 4.78 is 0. The summed E-state index contributed by atoms with van der Waals surface area (Å²) in [7, 11) is 0. The Hall–Kier alpha value is -2.72. The lowest BCUT2D eigenvalue weighted by molar-refractivity contribution is 0.623. The van der Waals surface area contributed by atoms with E-state index >= 15 is 0 Å². The van der Waals surface area contributed by atoms with Gasteiger partial charge in [-0.05, 0) is 36.6 Å². The highest BCUT2D eigenvalue weighted by Gasteiger charge is 2.20. The van der Waals surface area contributed by atoms with Crippen molar-refractivity contribution in [1.82, 2.24) is 15.3 Å². The fourth-order valence-corrected chi connectivity index (χ4v) is 3.44. The summed E-state index contributed by atoms with van der Waals surface area (Å²) in [5.41, 5.74) is 6.11. The van der Waals surface area contributed by atoms with Crippen LogP contribution in [0.5, 0.6) is 0 Å². The van der Waals surface area contributed by atoms with Crippen molar-refractivity contribution in [3.05, 3.63) is 88.9 Å². The quantitative estimate of drug-likeness (QED) is 0.767. The third kappa shape index (κ3) is 3.26. The van der Waals surface area contributed by atoms with Gasteiger partial charge in [0, 0.05) is 12.1 Å². The first-order valence-electron chi connectivity index (χ1n) is 8.73. The zero-order valence-electron chi connectivity index (χ0n) is 14.4. The van der Waals surface area contributed by atoms with Gasteiger partial charge in [-0.2, -0.15) is 0 Å². The summed E-state index contributed by atoms with van der Waals surface area (Å²) in [6, 6.07) is 19.1. The van der Waals surface area contributed by atoms with Crippen molar-refractivity contribution in [2.75, 3.05) is 11.9 Å². The molecule has 2 heterocycles. The molecule has 0 saturated carbocycles. The van der Waals surface area contributed by atoms with Crippen molar-refractivity contribution < 1.29 is 0 Å². The van der Waals surface area contributed by atoms with Gasteiger partial charge >= 0.3 is 0 Å². The van der Waals surface area contributed by atoms with Crippen LogP contribution in [0.4, 0.5) is 5.82 Å². The monoisotopic (exact) mass is 330 g/mol. The molecule has 1 aliphatic heterocycles. The van der Waals surface area contributed by atoms with Crippen molar-refractivity contribution >= 4 is 5.82 Å². The SMILES string of the molecule is Cc1ccccc1[C@H](Nc1ncnc2c1CCNC2)c1ccccc1. The summed E-state index contributed by atoms with van der Waals surface area (Å²) >= 11 is 0. The van der Waals surface area contributed by atoms with Crippen LogP contribution in [0.3, 0.4) is 0 Å². The summed E-state index contributed by atoms with van der Waals surface area (Å²) in [5.74, 6) is 0.948. The number of fused-ring (bicyclic) bond motifs is 1. The van der Waals surface area contributed by atoms with E-state index in [0.29, 0.717) is 0 Å². The van der Waals surface area contributed by atoms with Crippen molar-refractivity contribution in [2.45, 2.75) is 25.9 Å². The molecular weight excluding hydrogens is 308 g/mol. The summed E-state index contributed by atoms with van der Waals surface area (Å²) in [4.78, 5) is 9.00. The van der Waals surface area contributed by atoms with Crippen LogP contribution in [-0.2, 0) is 13.0 Å². The first-order valence-corrected chi connectivity index (χ1v) is 8.73. The molecule has 0 radical (unpaired) electrons. The van der Waals surface area contributed by atoms with Gasteiger partial charge in [0.25, 0.3) is 0 Å². The molecule has 4 nitrogen and oxygen atoms in total. The van der Waals surface area contributed by atoms with Crippen molar-refractivity contribution in [2.24, 2.45) is 0 Å². The van der Waals surface area contributed by atoms with E-state index in [9.17, 15) is 0 Å². The maximum Gasteiger partial charge on any atom is 0.133 e. The molecule has 2 N–H and O–H groups in total. The lowest BCUT2D eigenvalue weighted by Crippen LogP contribution is -2.27. The van der Waals surface area contributed by atoms with Gasteiger partial charge in [0.2, 0.25) is 0 Å². The van der Waals surface area contributed by atoms with Crippen LogP contribution in [-0.4, -0.2) is 16.5 Å². The fourth-order valence-electron chi connectivity index (χ4n) is 3.44. The number of rotatable bonds is 4. The number of anilines is 1. The Morgan fingerprint density at radius 1 is 1.00 bits per heavy atom. The summed E-state index contributed by atoms with van der Waals surface area (Å²) in [5, 5.41) is 7.08. The molecule has 25 heavy (non-hydrogen) atoms. The predicted octanol–water partition coefficient (Wildman–Crippen LogP) is 3.63. The average Bonchev–Trinajstić information content (AvgIpc) is 2.68. The van der Waals surface area contributed by atoms with Gasteiger partial charge in [-0.15, -0.1) is 0 Å². The summed E-state index contributed by atoms with van der Waals surface area (Å²) in [6.07, 6.45) is 2.61. The Morgan fingerprint density at radius 2 is 1.80 bits per heavy atom. The van der Waals surface area contributed by atoms with Crippen LogP contribution < -0.4 is 10.6 Å². The third-order valence-corrected chi connectivity index (χ3v) is 4.79. The van der Waals surface area contributed by atoms with Gasteiger partial charge in [-0.3, -0.25) is 0 Å². The Kier molecular flexibility index (Phi) is 4.44. The second kappa shape index (κ2) is 7.03. The van der Waals surface area contributed by atoms with Gasteiger partial charge < -0.3 is 10.6 Å². The highest BCUT2D eigenvalue weighted by molar-refractivity contribution is 5.52. The molecule has 0 unspecified atom stereocenters. The molecule has 0 saturated heterocycles. The molecule has 3 aromatic rings. The van der Waals surface area contributed by atoms with Crippen LogP contribution >= 0.6 is 0 Å². The Labute approximate surface area is 148 Å². The molecule has 0 spiro atoms. The van der Waals surface area contributed by atoms with Gasteiger partial charge in [0.1, 0.15) is 12.1 Å². The molecule has 1 atom stereocenters. The van der Waals surface area contributed by atoms with Crippen LogP contribution in [0.1, 0.15) is 34.0 Å². The number of hydrogen-bond acceptors (Lipinski definition) is 4. The number of benzene rings is 2. The number of nitrogens with one attached hydrogen (secondary N) is 2. The maximum absolute atomic E-state index is 4.56. The molecule has 4 heteroatoms. The van der Waals surface area contributed by atoms with E-state index in [-0.39, 0.29) is 6.04 Å². The minimum atomic E-state index is 0.0660. The van der Waals surface area contributed by atoms with Crippen molar-refractivity contribution in [1.29, 1.82) is 0 Å². The van der Waals surface area contributed by atoms with Crippen LogP contribution in [0.15, 0.2) is 60.9 Å². The zero-order chi connectivity index (χ0) is 17.1. The number of aryl methyl sites for hydroxylation is 1. The number of hydrogen-bond donors (Lipinski definition) is 2. The number of nitrogens with zero attached hydrogens (tertiary/aromatic N) is 2. The van der Waals surface area contributed by atoms with Crippen LogP contribution in [0.25, 0.3) is 0 Å². The normalized spacial score (nSPS) is 14.6. The molecule has 1 aromatic heterocycles. The predicted molar refractivity (Wildman–Crippen MR) is 101 cm³/mol. The van der Waals surface area contributed by atoms with E-state index in [4.69, 9.17) is 0 Å². The molecule has 0 fully saturated rings. The molecule has 1 aliphatic rings. The standard InChI is InChI=1S/C21H22N4/c1-15-7-5-6-10-17(15)20(16-8-3-2-4-9-16)25-21-18-11-12-22-13-19(18)23-14-24-21/h2-10,14,20,22H,11-13H2,1H3,(H,23,24,25)/t20-/m1/s1. The molecule has 0 aliphatic carbocycles. The van der Waals surface area contributed by atoms with Gasteiger partial charge in [-0.25, -0.2) is 9.97 Å². The van der Waals surface area contributed by atoms with Crippen LogP contribution in [0, 0.1) is 6.92 Å². The maximum atomic E-state index is 4.56. The lowest BCUT2D eigenvalue weighted by Gasteiger charge is -2.25. The minimum Gasteiger partial charge on any atom is -0.359 e. The molecular formula is C21H22N4. The largest absolute Gasteiger partial charge is 0.359 e. The van der Waals surface area contributed by atoms with Gasteiger partial charge in [0.05, 0.1) is 11.7 Å². The zero-order valence-corrected chi connectivity index (χ0v) is 14.4. The fraction of sp³-hybridized carbons (Fsp3) is 0.238. The molecule has 0 amide bonds. The van der Waals surface area contributed by atoms with Gasteiger partial charge in [0.15, 0.2) is 0 Å². The molecule has 2 aromatic carbocycles. The van der Waals surface area contributed by atoms with E-state index in [2.05, 4.69) is 82.1 Å². The highest BCUT2D eigenvalue weighted by atomic mass is 15.1. The lowest BCUT2D eigenvalue weighted by atomic mass is 9.94. The smallest absolute Gasteiger partial charge is 0.133 e.